The summed E-state index contributed by atoms with van der Waals surface area (Å²) in [5.74, 6) is -0.484. The van der Waals surface area contributed by atoms with E-state index in [2.05, 4.69) is 15.2 Å². The van der Waals surface area contributed by atoms with Crippen molar-refractivity contribution in [2.45, 2.75) is 0 Å². The van der Waals surface area contributed by atoms with Crippen LogP contribution in [0.4, 0.5) is 5.13 Å². The second-order valence-electron chi connectivity index (χ2n) is 5.19. The third kappa shape index (κ3) is 4.50. The Kier molecular flexibility index (Phi) is 7.79. The molecule has 0 saturated heterocycles. The predicted octanol–water partition coefficient (Wildman–Crippen LogP) is -4.89. The number of rotatable bonds is 4. The molecule has 0 fully saturated rings. The Bertz CT molecular complexity index is 1200. The van der Waals surface area contributed by atoms with Gasteiger partial charge in [-0.15, -0.1) is 21.5 Å². The largest absolute Gasteiger partial charge is 1.00 e. The van der Waals surface area contributed by atoms with Gasteiger partial charge in [0.25, 0.3) is 0 Å². The first-order chi connectivity index (χ1) is 12.3. The number of ketones is 1. The number of nitrogens with zero attached hydrogens (tertiary/aromatic N) is 4. The molecule has 2 N–H and O–H groups in total. The van der Waals surface area contributed by atoms with Crippen molar-refractivity contribution in [3.8, 4) is 10.7 Å². The molecule has 0 atom stereocenters. The van der Waals surface area contributed by atoms with E-state index < -0.39 is 13.5 Å². The average Bonchev–Trinajstić information content (AvgIpc) is 3.31. The van der Waals surface area contributed by atoms with Gasteiger partial charge in [0.05, 0.1) is 11.1 Å². The zero-order valence-corrected chi connectivity index (χ0v) is 21.3. The van der Waals surface area contributed by atoms with E-state index in [4.69, 9.17) is 5.73 Å². The first kappa shape index (κ1) is 23.8. The molecule has 0 radical (unpaired) electrons. The van der Waals surface area contributed by atoms with Crippen LogP contribution in [0.5, 0.6) is 0 Å². The molecule has 0 unspecified atom stereocenters. The molecule has 0 bridgehead atoms. The van der Waals surface area contributed by atoms with Crippen LogP contribution in [0.1, 0.15) is 15.4 Å². The van der Waals surface area contributed by atoms with Crippen LogP contribution in [0, 0.1) is 0 Å². The minimum Gasteiger partial charge on any atom is -0.795 e. The first-order valence-corrected chi connectivity index (χ1v) is 10.3. The number of carbonyl (C=O) groups is 1. The van der Waals surface area contributed by atoms with Crippen LogP contribution < -0.4 is 74.6 Å². The summed E-state index contributed by atoms with van der Waals surface area (Å²) >= 11 is 2.22. The van der Waals surface area contributed by atoms with Gasteiger partial charge in [-0.3, -0.25) is 4.79 Å². The van der Waals surface area contributed by atoms with E-state index in [1.165, 1.54) is 6.07 Å². The Morgan fingerprint density at radius 1 is 1.18 bits per heavy atom. The van der Waals surface area contributed by atoms with Gasteiger partial charge in [-0.25, -0.2) is 4.98 Å². The van der Waals surface area contributed by atoms with Crippen LogP contribution in [0.25, 0.3) is 21.6 Å². The van der Waals surface area contributed by atoms with Gasteiger partial charge in [0.15, 0.2) is 10.0 Å². The number of nitrogens with two attached hydrogens (primary N) is 1. The van der Waals surface area contributed by atoms with Crippen molar-refractivity contribution < 1.29 is 78.3 Å². The number of anilines is 1. The molecule has 132 valence electrons. The molecule has 0 aliphatic carbocycles. The SMILES string of the molecule is Nc1nnc(-c2csc(C(=O)c3cn(P(=O)([O-])[O-])c4ccccc34)n2)s1.[Na+].[Na+]. The Morgan fingerprint density at radius 2 is 1.89 bits per heavy atom. The summed E-state index contributed by atoms with van der Waals surface area (Å²) in [4.78, 5) is 40.1. The fraction of sp³-hybridized carbons (Fsp3) is 0. The molecule has 0 spiro atoms. The van der Waals surface area contributed by atoms with Crippen molar-refractivity contribution in [3.63, 3.8) is 0 Å². The van der Waals surface area contributed by atoms with Gasteiger partial charge in [0, 0.05) is 24.7 Å². The van der Waals surface area contributed by atoms with Crippen LogP contribution >= 0.6 is 30.4 Å². The van der Waals surface area contributed by atoms with E-state index in [1.807, 2.05) is 0 Å². The molecule has 3 heterocycles. The summed E-state index contributed by atoms with van der Waals surface area (Å²) < 4.78 is 12.1. The Morgan fingerprint density at radius 3 is 2.54 bits per heavy atom. The van der Waals surface area contributed by atoms with Crippen molar-refractivity contribution in [1.82, 2.24) is 19.5 Å². The molecule has 0 saturated carbocycles. The van der Waals surface area contributed by atoms with Crippen LogP contribution in [0.2, 0.25) is 0 Å². The van der Waals surface area contributed by atoms with E-state index in [0.717, 1.165) is 28.9 Å². The van der Waals surface area contributed by atoms with Crippen LogP contribution in [0.15, 0.2) is 35.8 Å². The van der Waals surface area contributed by atoms with Gasteiger partial charge >= 0.3 is 59.1 Å². The van der Waals surface area contributed by atoms with Crippen molar-refractivity contribution in [3.05, 3.63) is 46.4 Å². The van der Waals surface area contributed by atoms with E-state index in [-0.39, 0.29) is 80.3 Å². The molecule has 28 heavy (non-hydrogen) atoms. The molecule has 3 aromatic heterocycles. The summed E-state index contributed by atoms with van der Waals surface area (Å²) in [7, 11) is -5.10. The van der Waals surface area contributed by atoms with Gasteiger partial charge in [-0.2, -0.15) is 0 Å². The molecule has 4 rings (SSSR count). The summed E-state index contributed by atoms with van der Waals surface area (Å²) in [5.41, 5.74) is 6.24. The van der Waals surface area contributed by atoms with Gasteiger partial charge in [-0.1, -0.05) is 29.5 Å². The third-order valence-corrected chi connectivity index (χ3v) is 6.03. The van der Waals surface area contributed by atoms with E-state index >= 15 is 0 Å². The van der Waals surface area contributed by atoms with E-state index in [9.17, 15) is 19.1 Å². The number of carbonyl (C=O) groups excluding carboxylic acids is 1. The van der Waals surface area contributed by atoms with Gasteiger partial charge in [-0.05, 0) is 6.07 Å². The maximum absolute atomic E-state index is 12.8. The number of benzene rings is 1. The average molecular weight is 451 g/mol. The van der Waals surface area contributed by atoms with Crippen molar-refractivity contribution in [1.29, 1.82) is 0 Å². The van der Waals surface area contributed by atoms with E-state index in [1.54, 1.807) is 23.6 Å². The minimum atomic E-state index is -5.10. The molecule has 0 aliphatic heterocycles. The first-order valence-electron chi connectivity index (χ1n) is 7.07. The monoisotopic (exact) mass is 451 g/mol. The summed E-state index contributed by atoms with van der Waals surface area (Å²) in [6.07, 6.45) is 1.04. The molecule has 14 heteroatoms. The van der Waals surface area contributed by atoms with Crippen molar-refractivity contribution in [2.24, 2.45) is 0 Å². The number of nitrogen functional groups attached to an aromatic ring is 1. The third-order valence-electron chi connectivity index (χ3n) is 3.56. The number of thiazole rings is 1. The van der Waals surface area contributed by atoms with Crippen LogP contribution in [-0.4, -0.2) is 25.3 Å². The number of aromatic nitrogens is 4. The van der Waals surface area contributed by atoms with Gasteiger partial charge in [0.2, 0.25) is 10.9 Å². The standard InChI is InChI=1S/C14H10N5O4PS2.2Na/c15-14-18-17-12(26-14)9-6-25-13(16-9)11(20)8-5-19(24(21,22)23)10-4-2-1-3-7(8)10;;/h1-6H,(H2,15,18)(H2,21,22,23);;/q;2*+1/p-2. The van der Waals surface area contributed by atoms with Gasteiger partial charge in [0.1, 0.15) is 5.69 Å². The molecule has 4 aromatic rings. The summed E-state index contributed by atoms with van der Waals surface area (Å²) in [6.45, 7) is 0. The molecular formula is C14H8N5Na2O4PS2. The molecule has 9 nitrogen and oxygen atoms in total. The second-order valence-corrected chi connectivity index (χ2v) is 8.42. The van der Waals surface area contributed by atoms with Gasteiger partial charge < -0.3 is 24.4 Å². The van der Waals surface area contributed by atoms with Crippen LogP contribution in [0.3, 0.4) is 0 Å². The zero-order valence-electron chi connectivity index (χ0n) is 14.7. The fourth-order valence-electron chi connectivity index (χ4n) is 2.48. The number of hydrogen-bond acceptors (Lipinski definition) is 10. The molecule has 1 aromatic carbocycles. The fourth-order valence-corrected chi connectivity index (χ4v) is 4.57. The Labute approximate surface area is 210 Å². The summed E-state index contributed by atoms with van der Waals surface area (Å²) in [6, 6.07) is 6.28. The maximum atomic E-state index is 12.8. The zero-order chi connectivity index (χ0) is 18.5. The quantitative estimate of drug-likeness (QED) is 0.184. The van der Waals surface area contributed by atoms with Crippen molar-refractivity contribution >= 4 is 52.2 Å². The Balaban J connectivity index is 0.00000140. The minimum absolute atomic E-state index is 0. The smallest absolute Gasteiger partial charge is 0.795 e. The Hall–Kier alpha value is -0.430. The number of hydrogen-bond donors (Lipinski definition) is 1. The topological polar surface area (TPSA) is 150 Å². The predicted molar refractivity (Wildman–Crippen MR) is 93.8 cm³/mol. The summed E-state index contributed by atoms with van der Waals surface area (Å²) in [5, 5.41) is 10.5. The molecule has 0 aliphatic rings. The molecular weight excluding hydrogens is 443 g/mol. The van der Waals surface area contributed by atoms with Crippen LogP contribution in [-0.2, 0) is 4.57 Å². The normalized spacial score (nSPS) is 11.1. The van der Waals surface area contributed by atoms with E-state index in [0.29, 0.717) is 20.4 Å². The maximum Gasteiger partial charge on any atom is 1.00 e. The number of para-hydroxylation sites is 1. The van der Waals surface area contributed by atoms with Crippen molar-refractivity contribution in [2.75, 3.05) is 5.73 Å². The number of fused-ring (bicyclic) bond motifs is 1. The molecule has 0 amide bonds. The second kappa shape index (κ2) is 9.15.